The van der Waals surface area contributed by atoms with Crippen molar-refractivity contribution in [1.82, 2.24) is 4.98 Å². The molecule has 1 aliphatic heterocycles. The maximum absolute atomic E-state index is 5.59. The van der Waals surface area contributed by atoms with Crippen LogP contribution < -0.4 is 14.8 Å². The van der Waals surface area contributed by atoms with Gasteiger partial charge in [-0.15, -0.1) is 11.3 Å². The van der Waals surface area contributed by atoms with Crippen LogP contribution in [0.4, 0.5) is 5.13 Å². The van der Waals surface area contributed by atoms with Gasteiger partial charge in [0.1, 0.15) is 13.2 Å². The van der Waals surface area contributed by atoms with Crippen molar-refractivity contribution in [3.8, 4) is 11.5 Å². The van der Waals surface area contributed by atoms with Crippen LogP contribution in [0.5, 0.6) is 11.5 Å². The predicted octanol–water partition coefficient (Wildman–Crippen LogP) is 3.29. The van der Waals surface area contributed by atoms with E-state index in [2.05, 4.69) is 26.2 Å². The Morgan fingerprint density at radius 2 is 2.22 bits per heavy atom. The molecule has 1 N–H and O–H groups in total. The Morgan fingerprint density at radius 1 is 1.33 bits per heavy atom. The lowest BCUT2D eigenvalue weighted by Gasteiger charge is -2.20. The molecule has 0 atom stereocenters. The van der Waals surface area contributed by atoms with Crippen LogP contribution in [0.1, 0.15) is 5.56 Å². The monoisotopic (exact) mass is 326 g/mol. The van der Waals surface area contributed by atoms with Gasteiger partial charge in [0.2, 0.25) is 0 Å². The first-order chi connectivity index (χ1) is 8.83. The molecular weight excluding hydrogens is 316 g/mol. The van der Waals surface area contributed by atoms with Gasteiger partial charge in [0, 0.05) is 18.1 Å². The highest BCUT2D eigenvalue weighted by atomic mass is 79.9. The molecule has 0 saturated heterocycles. The highest BCUT2D eigenvalue weighted by molar-refractivity contribution is 9.10. The number of thiazole rings is 1. The molecule has 0 fully saturated rings. The minimum Gasteiger partial charge on any atom is -0.486 e. The zero-order chi connectivity index (χ0) is 12.4. The summed E-state index contributed by atoms with van der Waals surface area (Å²) in [6, 6.07) is 4.04. The van der Waals surface area contributed by atoms with E-state index in [9.17, 15) is 0 Å². The summed E-state index contributed by atoms with van der Waals surface area (Å²) in [5, 5.41) is 6.13. The first-order valence-corrected chi connectivity index (χ1v) is 7.21. The fourth-order valence-corrected chi connectivity index (χ4v) is 2.89. The summed E-state index contributed by atoms with van der Waals surface area (Å²) in [5.74, 6) is 1.59. The fourth-order valence-electron chi connectivity index (χ4n) is 1.75. The molecular formula is C12H11BrN2O2S. The van der Waals surface area contributed by atoms with Crippen LogP contribution in [0.25, 0.3) is 0 Å². The number of nitrogens with zero attached hydrogens (tertiary/aromatic N) is 1. The van der Waals surface area contributed by atoms with Gasteiger partial charge >= 0.3 is 0 Å². The molecule has 2 aromatic rings. The van der Waals surface area contributed by atoms with Crippen LogP contribution in [0.2, 0.25) is 0 Å². The standard InChI is InChI=1S/C12H11BrN2O2S/c13-9-5-8(7-15-12-14-1-4-18-12)6-10-11(9)17-3-2-16-10/h1,4-6H,2-3,7H2,(H,14,15). The van der Waals surface area contributed by atoms with Crippen molar-refractivity contribution in [3.63, 3.8) is 0 Å². The number of ether oxygens (including phenoxy) is 2. The van der Waals surface area contributed by atoms with Crippen LogP contribution in [0, 0.1) is 0 Å². The van der Waals surface area contributed by atoms with E-state index >= 15 is 0 Å². The van der Waals surface area contributed by atoms with Crippen molar-refractivity contribution in [3.05, 3.63) is 33.7 Å². The molecule has 4 nitrogen and oxygen atoms in total. The van der Waals surface area contributed by atoms with Crippen LogP contribution in [0.3, 0.4) is 0 Å². The van der Waals surface area contributed by atoms with Crippen LogP contribution >= 0.6 is 27.3 Å². The first kappa shape index (κ1) is 11.8. The predicted molar refractivity (Wildman–Crippen MR) is 74.6 cm³/mol. The van der Waals surface area contributed by atoms with E-state index in [1.807, 2.05) is 17.5 Å². The Hall–Kier alpha value is -1.27. The molecule has 6 heteroatoms. The average molecular weight is 327 g/mol. The average Bonchev–Trinajstić information content (AvgIpc) is 2.90. The zero-order valence-corrected chi connectivity index (χ0v) is 11.9. The summed E-state index contributed by atoms with van der Waals surface area (Å²) in [7, 11) is 0. The molecule has 0 saturated carbocycles. The normalized spacial score (nSPS) is 13.4. The van der Waals surface area contributed by atoms with Gasteiger partial charge in [0.05, 0.1) is 4.47 Å². The lowest BCUT2D eigenvalue weighted by atomic mass is 10.2. The third-order valence-electron chi connectivity index (χ3n) is 2.53. The van der Waals surface area contributed by atoms with E-state index in [0.717, 1.165) is 26.7 Å². The van der Waals surface area contributed by atoms with Crippen molar-refractivity contribution >= 4 is 32.4 Å². The molecule has 0 amide bonds. The van der Waals surface area contributed by atoms with E-state index in [-0.39, 0.29) is 0 Å². The number of fused-ring (bicyclic) bond motifs is 1. The largest absolute Gasteiger partial charge is 0.486 e. The van der Waals surface area contributed by atoms with E-state index in [1.54, 1.807) is 17.5 Å². The minimum absolute atomic E-state index is 0.600. The van der Waals surface area contributed by atoms with Crippen molar-refractivity contribution in [2.24, 2.45) is 0 Å². The van der Waals surface area contributed by atoms with E-state index in [1.165, 1.54) is 0 Å². The smallest absolute Gasteiger partial charge is 0.182 e. The molecule has 0 bridgehead atoms. The highest BCUT2D eigenvalue weighted by Crippen LogP contribution is 2.38. The number of aromatic nitrogens is 1. The molecule has 0 unspecified atom stereocenters. The van der Waals surface area contributed by atoms with E-state index < -0.39 is 0 Å². The third kappa shape index (κ3) is 2.44. The minimum atomic E-state index is 0.600. The molecule has 0 radical (unpaired) electrons. The number of benzene rings is 1. The second-order valence-corrected chi connectivity index (χ2v) is 5.54. The van der Waals surface area contributed by atoms with Gasteiger partial charge < -0.3 is 14.8 Å². The fraction of sp³-hybridized carbons (Fsp3) is 0.250. The summed E-state index contributed by atoms with van der Waals surface area (Å²) in [6.45, 7) is 1.91. The molecule has 3 rings (SSSR count). The molecule has 1 aromatic carbocycles. The summed E-state index contributed by atoms with van der Waals surface area (Å²) >= 11 is 5.09. The number of hydrogen-bond donors (Lipinski definition) is 1. The maximum Gasteiger partial charge on any atom is 0.182 e. The number of hydrogen-bond acceptors (Lipinski definition) is 5. The molecule has 18 heavy (non-hydrogen) atoms. The van der Waals surface area contributed by atoms with E-state index in [4.69, 9.17) is 9.47 Å². The summed E-state index contributed by atoms with van der Waals surface area (Å²) in [5.41, 5.74) is 1.13. The molecule has 1 aliphatic rings. The van der Waals surface area contributed by atoms with Crippen molar-refractivity contribution in [2.75, 3.05) is 18.5 Å². The van der Waals surface area contributed by atoms with Gasteiger partial charge in [0.15, 0.2) is 16.6 Å². The van der Waals surface area contributed by atoms with Gasteiger partial charge in [-0.25, -0.2) is 4.98 Å². The molecule has 0 aliphatic carbocycles. The molecule has 94 valence electrons. The zero-order valence-electron chi connectivity index (χ0n) is 9.48. The first-order valence-electron chi connectivity index (χ1n) is 5.54. The second kappa shape index (κ2) is 5.16. The topological polar surface area (TPSA) is 43.4 Å². The van der Waals surface area contributed by atoms with E-state index in [0.29, 0.717) is 19.8 Å². The Balaban J connectivity index is 1.78. The highest BCUT2D eigenvalue weighted by Gasteiger charge is 2.16. The number of rotatable bonds is 3. The van der Waals surface area contributed by atoms with Gasteiger partial charge in [-0.05, 0) is 33.6 Å². The summed E-state index contributed by atoms with van der Waals surface area (Å²) in [4.78, 5) is 4.18. The molecule has 2 heterocycles. The number of anilines is 1. The maximum atomic E-state index is 5.59. The van der Waals surface area contributed by atoms with Gasteiger partial charge in [-0.2, -0.15) is 0 Å². The third-order valence-corrected chi connectivity index (χ3v) is 3.85. The quantitative estimate of drug-likeness (QED) is 0.939. The molecule has 1 aromatic heterocycles. The Kier molecular flexibility index (Phi) is 3.38. The SMILES string of the molecule is Brc1cc(CNc2nccs2)cc2c1OCCO2. The van der Waals surface area contributed by atoms with Gasteiger partial charge in [-0.1, -0.05) is 0 Å². The Morgan fingerprint density at radius 3 is 3.06 bits per heavy atom. The number of nitrogens with one attached hydrogen (secondary N) is 1. The van der Waals surface area contributed by atoms with Crippen LogP contribution in [-0.2, 0) is 6.54 Å². The summed E-state index contributed by atoms with van der Waals surface area (Å²) < 4.78 is 12.1. The van der Waals surface area contributed by atoms with Gasteiger partial charge in [-0.3, -0.25) is 0 Å². The molecule has 0 spiro atoms. The second-order valence-electron chi connectivity index (χ2n) is 3.79. The van der Waals surface area contributed by atoms with Crippen molar-refractivity contribution in [2.45, 2.75) is 6.54 Å². The van der Waals surface area contributed by atoms with Crippen molar-refractivity contribution in [1.29, 1.82) is 0 Å². The van der Waals surface area contributed by atoms with Gasteiger partial charge in [0.25, 0.3) is 0 Å². The lowest BCUT2D eigenvalue weighted by molar-refractivity contribution is 0.170. The Labute approximate surface area is 117 Å². The van der Waals surface area contributed by atoms with Crippen LogP contribution in [0.15, 0.2) is 28.2 Å². The Bertz CT molecular complexity index is 545. The van der Waals surface area contributed by atoms with Crippen molar-refractivity contribution < 1.29 is 9.47 Å². The number of halogens is 1. The lowest BCUT2D eigenvalue weighted by Crippen LogP contribution is -2.16. The van der Waals surface area contributed by atoms with Crippen LogP contribution in [-0.4, -0.2) is 18.2 Å². The summed E-state index contributed by atoms with van der Waals surface area (Å²) in [6.07, 6.45) is 1.78.